The number of nitrogens with zero attached hydrogens (tertiary/aromatic N) is 1. The SMILES string of the molecule is Nc1cnc(Nc2cc(F)cc(F)c2F)s1. The summed E-state index contributed by atoms with van der Waals surface area (Å²) in [4.78, 5) is 3.78. The molecule has 2 aromatic rings. The van der Waals surface area contributed by atoms with Crippen LogP contribution in [0.5, 0.6) is 0 Å². The summed E-state index contributed by atoms with van der Waals surface area (Å²) in [6.45, 7) is 0. The summed E-state index contributed by atoms with van der Waals surface area (Å²) in [6.07, 6.45) is 1.36. The lowest BCUT2D eigenvalue weighted by molar-refractivity contribution is 0.498. The molecule has 0 radical (unpaired) electrons. The average Bonchev–Trinajstić information content (AvgIpc) is 2.60. The van der Waals surface area contributed by atoms with Crippen LogP contribution in [0.15, 0.2) is 18.3 Å². The molecule has 2 rings (SSSR count). The minimum Gasteiger partial charge on any atom is -0.389 e. The van der Waals surface area contributed by atoms with E-state index in [-0.39, 0.29) is 10.8 Å². The Morgan fingerprint density at radius 3 is 2.62 bits per heavy atom. The highest BCUT2D eigenvalue weighted by Crippen LogP contribution is 2.27. The van der Waals surface area contributed by atoms with Crippen molar-refractivity contribution in [2.24, 2.45) is 0 Å². The molecule has 0 amide bonds. The second kappa shape index (κ2) is 4.01. The molecule has 0 aliphatic rings. The second-order valence-electron chi connectivity index (χ2n) is 2.94. The molecule has 0 fully saturated rings. The third kappa shape index (κ3) is 2.08. The van der Waals surface area contributed by atoms with Gasteiger partial charge in [0.25, 0.3) is 0 Å². The Labute approximate surface area is 92.7 Å². The first kappa shape index (κ1) is 10.7. The van der Waals surface area contributed by atoms with Crippen LogP contribution in [-0.4, -0.2) is 4.98 Å². The Hall–Kier alpha value is -1.76. The first-order valence-corrected chi connectivity index (χ1v) is 5.01. The molecule has 1 aromatic carbocycles. The molecule has 3 nitrogen and oxygen atoms in total. The van der Waals surface area contributed by atoms with E-state index in [9.17, 15) is 13.2 Å². The van der Waals surface area contributed by atoms with Gasteiger partial charge in [0.1, 0.15) is 10.8 Å². The Kier molecular flexibility index (Phi) is 2.69. The topological polar surface area (TPSA) is 50.9 Å². The van der Waals surface area contributed by atoms with Crippen molar-refractivity contribution in [1.82, 2.24) is 4.98 Å². The molecule has 0 aliphatic carbocycles. The first-order chi connectivity index (χ1) is 7.56. The van der Waals surface area contributed by atoms with E-state index < -0.39 is 17.5 Å². The molecular weight excluding hydrogens is 239 g/mol. The van der Waals surface area contributed by atoms with Crippen molar-refractivity contribution < 1.29 is 13.2 Å². The van der Waals surface area contributed by atoms with Crippen LogP contribution < -0.4 is 11.1 Å². The number of hydrogen-bond acceptors (Lipinski definition) is 4. The smallest absolute Gasteiger partial charge is 0.189 e. The van der Waals surface area contributed by atoms with Gasteiger partial charge in [-0.25, -0.2) is 18.2 Å². The number of nitrogen functional groups attached to an aromatic ring is 1. The van der Waals surface area contributed by atoms with Crippen LogP contribution >= 0.6 is 11.3 Å². The largest absolute Gasteiger partial charge is 0.389 e. The standard InChI is InChI=1S/C9H6F3N3S/c10-4-1-5(11)8(12)6(2-4)15-9-14-3-7(13)16-9/h1-3H,13H2,(H,14,15). The Balaban J connectivity index is 2.34. The Morgan fingerprint density at radius 2 is 2.00 bits per heavy atom. The molecule has 0 spiro atoms. The molecule has 0 saturated heterocycles. The number of rotatable bonds is 2. The predicted molar refractivity (Wildman–Crippen MR) is 56.1 cm³/mol. The molecule has 0 saturated carbocycles. The highest BCUT2D eigenvalue weighted by atomic mass is 32.1. The van der Waals surface area contributed by atoms with E-state index in [0.29, 0.717) is 11.1 Å². The lowest BCUT2D eigenvalue weighted by atomic mass is 10.3. The molecule has 0 aliphatic heterocycles. The fourth-order valence-corrected chi connectivity index (χ4v) is 1.70. The zero-order valence-corrected chi connectivity index (χ0v) is 8.62. The van der Waals surface area contributed by atoms with Gasteiger partial charge in [0, 0.05) is 12.1 Å². The maximum absolute atomic E-state index is 13.2. The molecule has 0 unspecified atom stereocenters. The summed E-state index contributed by atoms with van der Waals surface area (Å²) in [5, 5.41) is 3.13. The van der Waals surface area contributed by atoms with Gasteiger partial charge in [-0.05, 0) is 0 Å². The zero-order valence-electron chi connectivity index (χ0n) is 7.80. The maximum Gasteiger partial charge on any atom is 0.189 e. The third-order valence-electron chi connectivity index (χ3n) is 1.76. The quantitative estimate of drug-likeness (QED) is 0.800. The summed E-state index contributed by atoms with van der Waals surface area (Å²) in [6, 6.07) is 1.31. The van der Waals surface area contributed by atoms with E-state index in [0.717, 1.165) is 17.4 Å². The summed E-state index contributed by atoms with van der Waals surface area (Å²) < 4.78 is 38.9. The van der Waals surface area contributed by atoms with Crippen molar-refractivity contribution >= 4 is 27.2 Å². The second-order valence-corrected chi connectivity index (χ2v) is 4.00. The van der Waals surface area contributed by atoms with Crippen LogP contribution in [0, 0.1) is 17.5 Å². The number of hydrogen-bond donors (Lipinski definition) is 2. The molecule has 0 bridgehead atoms. The fraction of sp³-hybridized carbons (Fsp3) is 0. The van der Waals surface area contributed by atoms with Gasteiger partial charge in [0.05, 0.1) is 11.9 Å². The van der Waals surface area contributed by atoms with Crippen molar-refractivity contribution in [1.29, 1.82) is 0 Å². The number of aromatic nitrogens is 1. The molecule has 3 N–H and O–H groups in total. The van der Waals surface area contributed by atoms with Gasteiger partial charge in [0.2, 0.25) is 0 Å². The zero-order chi connectivity index (χ0) is 11.7. The Bertz CT molecular complexity index is 527. The number of anilines is 3. The number of benzene rings is 1. The molecule has 16 heavy (non-hydrogen) atoms. The van der Waals surface area contributed by atoms with E-state index in [4.69, 9.17) is 5.73 Å². The monoisotopic (exact) mass is 245 g/mol. The van der Waals surface area contributed by atoms with Crippen molar-refractivity contribution in [2.45, 2.75) is 0 Å². The van der Waals surface area contributed by atoms with E-state index >= 15 is 0 Å². The lowest BCUT2D eigenvalue weighted by Gasteiger charge is -2.04. The highest BCUT2D eigenvalue weighted by Gasteiger charge is 2.12. The van der Waals surface area contributed by atoms with Crippen LogP contribution in [-0.2, 0) is 0 Å². The van der Waals surface area contributed by atoms with Crippen LogP contribution in [0.25, 0.3) is 0 Å². The van der Waals surface area contributed by atoms with E-state index in [1.54, 1.807) is 0 Å². The molecule has 1 aromatic heterocycles. The van der Waals surface area contributed by atoms with Gasteiger partial charge in [-0.3, -0.25) is 0 Å². The Morgan fingerprint density at radius 1 is 1.25 bits per heavy atom. The number of nitrogens with one attached hydrogen (secondary N) is 1. The van der Waals surface area contributed by atoms with E-state index in [1.807, 2.05) is 0 Å². The van der Waals surface area contributed by atoms with Gasteiger partial charge < -0.3 is 11.1 Å². The predicted octanol–water partition coefficient (Wildman–Crippen LogP) is 2.89. The van der Waals surface area contributed by atoms with Crippen LogP contribution in [0.2, 0.25) is 0 Å². The van der Waals surface area contributed by atoms with Gasteiger partial charge in [-0.1, -0.05) is 11.3 Å². The van der Waals surface area contributed by atoms with E-state index in [1.165, 1.54) is 6.20 Å². The minimum atomic E-state index is -1.26. The number of thiazole rings is 1. The summed E-state index contributed by atoms with van der Waals surface area (Å²) in [7, 11) is 0. The van der Waals surface area contributed by atoms with Crippen molar-refractivity contribution in [2.75, 3.05) is 11.1 Å². The molecule has 0 atom stereocenters. The normalized spacial score (nSPS) is 10.4. The van der Waals surface area contributed by atoms with Crippen molar-refractivity contribution in [3.05, 3.63) is 35.8 Å². The summed E-state index contributed by atoms with van der Waals surface area (Å²) in [5.41, 5.74) is 5.09. The molecular formula is C9H6F3N3S. The van der Waals surface area contributed by atoms with Crippen LogP contribution in [0.1, 0.15) is 0 Å². The third-order valence-corrected chi connectivity index (χ3v) is 2.50. The number of nitrogens with two attached hydrogens (primary N) is 1. The molecule has 84 valence electrons. The minimum absolute atomic E-state index is 0.265. The van der Waals surface area contributed by atoms with Gasteiger partial charge >= 0.3 is 0 Å². The summed E-state index contributed by atoms with van der Waals surface area (Å²) >= 11 is 1.05. The highest BCUT2D eigenvalue weighted by molar-refractivity contribution is 7.19. The van der Waals surface area contributed by atoms with Gasteiger partial charge in [-0.15, -0.1) is 0 Å². The van der Waals surface area contributed by atoms with Crippen molar-refractivity contribution in [3.8, 4) is 0 Å². The first-order valence-electron chi connectivity index (χ1n) is 4.19. The van der Waals surface area contributed by atoms with Gasteiger partial charge in [-0.2, -0.15) is 0 Å². The van der Waals surface area contributed by atoms with Crippen LogP contribution in [0.4, 0.5) is 29.0 Å². The maximum atomic E-state index is 13.2. The van der Waals surface area contributed by atoms with Gasteiger partial charge in [0.15, 0.2) is 16.8 Å². The fourth-order valence-electron chi connectivity index (χ4n) is 1.11. The lowest BCUT2D eigenvalue weighted by Crippen LogP contribution is -1.97. The molecule has 7 heteroatoms. The van der Waals surface area contributed by atoms with E-state index in [2.05, 4.69) is 10.3 Å². The summed E-state index contributed by atoms with van der Waals surface area (Å²) in [5.74, 6) is -3.28. The molecule has 1 heterocycles. The average molecular weight is 245 g/mol. The van der Waals surface area contributed by atoms with Crippen molar-refractivity contribution in [3.63, 3.8) is 0 Å². The van der Waals surface area contributed by atoms with Crippen LogP contribution in [0.3, 0.4) is 0 Å². The number of halogens is 3.